The minimum absolute atomic E-state index is 0.404. The summed E-state index contributed by atoms with van der Waals surface area (Å²) in [4.78, 5) is 4.40. The number of rotatable bonds is 2. The number of hydrogen-bond donors (Lipinski definition) is 1. The Morgan fingerprint density at radius 2 is 2.36 bits per heavy atom. The molecule has 3 nitrogen and oxygen atoms in total. The van der Waals surface area contributed by atoms with Crippen LogP contribution in [0.4, 0.5) is 0 Å². The Bertz CT molecular complexity index is 262. The van der Waals surface area contributed by atoms with Gasteiger partial charge in [-0.15, -0.1) is 0 Å². The van der Waals surface area contributed by atoms with Crippen LogP contribution in [-0.4, -0.2) is 16.2 Å². The number of pyridine rings is 1. The molecule has 0 aliphatic carbocycles. The van der Waals surface area contributed by atoms with E-state index in [1.54, 1.807) is 19.2 Å². The summed E-state index contributed by atoms with van der Waals surface area (Å²) in [7, 11) is 0.446. The number of nitrogens with one attached hydrogen (secondary N) is 1. The van der Waals surface area contributed by atoms with E-state index in [0.717, 1.165) is 0 Å². The second-order valence-electron chi connectivity index (χ2n) is 1.79. The van der Waals surface area contributed by atoms with Crippen LogP contribution in [0.1, 0.15) is 0 Å². The van der Waals surface area contributed by atoms with Gasteiger partial charge in [-0.1, -0.05) is 11.6 Å². The van der Waals surface area contributed by atoms with Crippen LogP contribution in [0.5, 0.6) is 0 Å². The van der Waals surface area contributed by atoms with Crippen molar-refractivity contribution in [3.05, 3.63) is 23.5 Å². The Balaban J connectivity index is 2.90. The molecule has 0 fully saturated rings. The molecule has 0 saturated carbocycles. The van der Waals surface area contributed by atoms with Gasteiger partial charge in [0.1, 0.15) is 16.1 Å². The first-order valence-electron chi connectivity index (χ1n) is 2.95. The van der Waals surface area contributed by atoms with Gasteiger partial charge >= 0.3 is 0 Å². The van der Waals surface area contributed by atoms with E-state index >= 15 is 0 Å². The van der Waals surface area contributed by atoms with Crippen molar-refractivity contribution < 1.29 is 4.21 Å². The largest absolute Gasteiger partial charge is 0.243 e. The highest BCUT2D eigenvalue weighted by molar-refractivity contribution is 7.83. The Labute approximate surface area is 72.4 Å². The fourth-order valence-corrected chi connectivity index (χ4v) is 1.28. The molecule has 60 valence electrons. The molecule has 1 atom stereocenters. The van der Waals surface area contributed by atoms with Crippen molar-refractivity contribution in [2.45, 2.75) is 4.90 Å². The Hall–Kier alpha value is -0.450. The Kier molecular flexibility index (Phi) is 2.99. The maximum absolute atomic E-state index is 11.0. The summed E-state index contributed by atoms with van der Waals surface area (Å²) in [6, 6.07) is 3.27. The molecule has 1 unspecified atom stereocenters. The van der Waals surface area contributed by atoms with Gasteiger partial charge in [0.2, 0.25) is 0 Å². The zero-order chi connectivity index (χ0) is 8.27. The molecule has 1 rings (SSSR count). The lowest BCUT2D eigenvalue weighted by atomic mass is 10.5. The average molecular weight is 191 g/mol. The van der Waals surface area contributed by atoms with Gasteiger partial charge in [-0.3, -0.25) is 0 Å². The van der Waals surface area contributed by atoms with E-state index in [0.29, 0.717) is 10.0 Å². The van der Waals surface area contributed by atoms with Crippen molar-refractivity contribution in [3.63, 3.8) is 0 Å². The van der Waals surface area contributed by atoms with E-state index < -0.39 is 11.0 Å². The number of aromatic nitrogens is 1. The predicted octanol–water partition coefficient (Wildman–Crippen LogP) is 0.977. The van der Waals surface area contributed by atoms with Gasteiger partial charge in [0.15, 0.2) is 0 Å². The minimum Gasteiger partial charge on any atom is -0.243 e. The topological polar surface area (TPSA) is 42.0 Å². The summed E-state index contributed by atoms with van der Waals surface area (Å²) < 4.78 is 13.6. The van der Waals surface area contributed by atoms with Gasteiger partial charge in [-0.05, 0) is 19.2 Å². The van der Waals surface area contributed by atoms with Crippen LogP contribution in [0, 0.1) is 0 Å². The van der Waals surface area contributed by atoms with Crippen LogP contribution >= 0.6 is 11.6 Å². The molecule has 0 bridgehead atoms. The second kappa shape index (κ2) is 3.80. The van der Waals surface area contributed by atoms with E-state index in [1.807, 2.05) is 0 Å². The summed E-state index contributed by atoms with van der Waals surface area (Å²) in [5.74, 6) is 0. The summed E-state index contributed by atoms with van der Waals surface area (Å²) in [5.41, 5.74) is 0. The lowest BCUT2D eigenvalue weighted by molar-refractivity contribution is 0.677. The highest BCUT2D eigenvalue weighted by Gasteiger charge is 1.99. The predicted molar refractivity (Wildman–Crippen MR) is 44.7 cm³/mol. The summed E-state index contributed by atoms with van der Waals surface area (Å²) in [6.07, 6.45) is 1.48. The molecule has 1 aromatic heterocycles. The first kappa shape index (κ1) is 8.64. The molecule has 1 aromatic rings. The lowest BCUT2D eigenvalue weighted by Gasteiger charge is -1.97. The van der Waals surface area contributed by atoms with Gasteiger partial charge in [0.25, 0.3) is 0 Å². The second-order valence-corrected chi connectivity index (χ2v) is 3.59. The monoisotopic (exact) mass is 190 g/mol. The van der Waals surface area contributed by atoms with Crippen LogP contribution in [0.3, 0.4) is 0 Å². The number of hydrogen-bond acceptors (Lipinski definition) is 2. The first-order valence-corrected chi connectivity index (χ1v) is 4.47. The molecule has 0 aliphatic rings. The van der Waals surface area contributed by atoms with Crippen molar-refractivity contribution in [1.29, 1.82) is 0 Å². The van der Waals surface area contributed by atoms with Crippen molar-refractivity contribution in [2.24, 2.45) is 0 Å². The lowest BCUT2D eigenvalue weighted by Crippen LogP contribution is -2.10. The van der Waals surface area contributed by atoms with Crippen LogP contribution < -0.4 is 4.72 Å². The van der Waals surface area contributed by atoms with E-state index in [4.69, 9.17) is 11.6 Å². The molecule has 0 amide bonds. The zero-order valence-corrected chi connectivity index (χ0v) is 7.45. The first-order chi connectivity index (χ1) is 5.24. The molecular weight excluding hydrogens is 184 g/mol. The molecule has 0 spiro atoms. The molecule has 1 heterocycles. The molecule has 0 aliphatic heterocycles. The standard InChI is InChI=1S/C6H7ClN2OS/c1-8-11(10)5-2-3-6(7)9-4-5/h2-4,8H,1H3. The van der Waals surface area contributed by atoms with Crippen molar-refractivity contribution in [2.75, 3.05) is 7.05 Å². The summed E-state index contributed by atoms with van der Waals surface area (Å²) in [5, 5.41) is 0.404. The van der Waals surface area contributed by atoms with Crippen LogP contribution in [-0.2, 0) is 11.0 Å². The molecular formula is C6H7ClN2OS. The summed E-state index contributed by atoms with van der Waals surface area (Å²) >= 11 is 5.53. The van der Waals surface area contributed by atoms with Gasteiger partial charge in [-0.25, -0.2) is 13.9 Å². The third-order valence-corrected chi connectivity index (χ3v) is 2.36. The van der Waals surface area contributed by atoms with Crippen LogP contribution in [0.15, 0.2) is 23.2 Å². The Morgan fingerprint density at radius 3 is 2.82 bits per heavy atom. The SMILES string of the molecule is CNS(=O)c1ccc(Cl)nc1. The zero-order valence-electron chi connectivity index (χ0n) is 5.87. The quantitative estimate of drug-likeness (QED) is 0.707. The third kappa shape index (κ3) is 2.25. The fourth-order valence-electron chi connectivity index (χ4n) is 0.590. The minimum atomic E-state index is -1.17. The molecule has 0 saturated heterocycles. The average Bonchev–Trinajstić information content (AvgIpc) is 2.05. The molecule has 0 radical (unpaired) electrons. The van der Waals surface area contributed by atoms with Gasteiger partial charge in [0.05, 0.1) is 4.90 Å². The highest BCUT2D eigenvalue weighted by atomic mass is 35.5. The van der Waals surface area contributed by atoms with E-state index in [2.05, 4.69) is 9.71 Å². The molecule has 1 N–H and O–H groups in total. The third-order valence-electron chi connectivity index (χ3n) is 1.10. The van der Waals surface area contributed by atoms with Gasteiger partial charge < -0.3 is 0 Å². The molecule has 0 aromatic carbocycles. The van der Waals surface area contributed by atoms with E-state index in [1.165, 1.54) is 6.20 Å². The van der Waals surface area contributed by atoms with Crippen molar-refractivity contribution in [3.8, 4) is 0 Å². The number of halogens is 1. The molecule has 11 heavy (non-hydrogen) atoms. The highest BCUT2D eigenvalue weighted by Crippen LogP contribution is 2.07. The van der Waals surface area contributed by atoms with Crippen LogP contribution in [0.25, 0.3) is 0 Å². The van der Waals surface area contributed by atoms with Crippen molar-refractivity contribution in [1.82, 2.24) is 9.71 Å². The van der Waals surface area contributed by atoms with E-state index in [-0.39, 0.29) is 0 Å². The maximum atomic E-state index is 11.0. The van der Waals surface area contributed by atoms with Gasteiger partial charge in [0, 0.05) is 6.20 Å². The molecule has 5 heteroatoms. The maximum Gasteiger partial charge on any atom is 0.129 e. The van der Waals surface area contributed by atoms with E-state index in [9.17, 15) is 4.21 Å². The Morgan fingerprint density at radius 1 is 1.64 bits per heavy atom. The fraction of sp³-hybridized carbons (Fsp3) is 0.167. The normalized spacial score (nSPS) is 12.9. The van der Waals surface area contributed by atoms with Crippen LogP contribution in [0.2, 0.25) is 5.15 Å². The number of nitrogens with zero attached hydrogens (tertiary/aromatic N) is 1. The van der Waals surface area contributed by atoms with Gasteiger partial charge in [-0.2, -0.15) is 0 Å². The van der Waals surface area contributed by atoms with Crippen molar-refractivity contribution >= 4 is 22.6 Å². The smallest absolute Gasteiger partial charge is 0.129 e. The summed E-state index contributed by atoms with van der Waals surface area (Å²) in [6.45, 7) is 0.